The fourth-order valence-corrected chi connectivity index (χ4v) is 3.12. The Kier molecular flexibility index (Phi) is 16.5. The largest absolute Gasteiger partial charge is 0.103 e. The molecule has 0 spiro atoms. The van der Waals surface area contributed by atoms with Gasteiger partial charge in [0.25, 0.3) is 0 Å². The third-order valence-electron chi connectivity index (χ3n) is 3.80. The third kappa shape index (κ3) is 16.2. The van der Waals surface area contributed by atoms with E-state index in [9.17, 15) is 0 Å². The summed E-state index contributed by atoms with van der Waals surface area (Å²) in [5.41, 5.74) is 0. The molecule has 0 saturated heterocycles. The van der Waals surface area contributed by atoms with E-state index in [1.165, 1.54) is 89.9 Å². The Bertz CT molecular complexity index is 177. The van der Waals surface area contributed by atoms with E-state index in [0.717, 1.165) is 4.83 Å². The summed E-state index contributed by atoms with van der Waals surface area (Å²) < 4.78 is 0. The van der Waals surface area contributed by atoms with E-state index in [1.807, 2.05) is 6.08 Å². The molecular weight excluding hydrogens is 296 g/mol. The molecule has 0 aliphatic rings. The standard InChI is InChI=1S/C18H35Br/c1-3-5-7-9-10-11-13-15-17-18(19)16-14-12-8-6-4-2/h4,18H,2-3,5-17H2,1H3. The van der Waals surface area contributed by atoms with Gasteiger partial charge in [-0.05, 0) is 25.7 Å². The van der Waals surface area contributed by atoms with Gasteiger partial charge in [-0.25, -0.2) is 0 Å². The van der Waals surface area contributed by atoms with Crippen molar-refractivity contribution in [3.05, 3.63) is 12.7 Å². The first kappa shape index (κ1) is 19.2. The maximum atomic E-state index is 3.83. The van der Waals surface area contributed by atoms with Crippen molar-refractivity contribution in [2.45, 2.75) is 102 Å². The van der Waals surface area contributed by atoms with Gasteiger partial charge in [-0.1, -0.05) is 93.1 Å². The maximum Gasteiger partial charge on any atom is 0.0145 e. The number of unbranched alkanes of at least 4 members (excludes halogenated alkanes) is 10. The summed E-state index contributed by atoms with van der Waals surface area (Å²) in [6.45, 7) is 6.05. The van der Waals surface area contributed by atoms with Crippen molar-refractivity contribution in [3.63, 3.8) is 0 Å². The van der Waals surface area contributed by atoms with E-state index < -0.39 is 0 Å². The van der Waals surface area contributed by atoms with Gasteiger partial charge in [-0.2, -0.15) is 0 Å². The van der Waals surface area contributed by atoms with Crippen LogP contribution < -0.4 is 0 Å². The highest BCUT2D eigenvalue weighted by Gasteiger charge is 2.03. The molecular formula is C18H35Br. The Labute approximate surface area is 130 Å². The van der Waals surface area contributed by atoms with Crippen molar-refractivity contribution in [3.8, 4) is 0 Å². The van der Waals surface area contributed by atoms with Crippen LogP contribution in [0.3, 0.4) is 0 Å². The number of hydrogen-bond donors (Lipinski definition) is 0. The normalized spacial score (nSPS) is 12.5. The third-order valence-corrected chi connectivity index (χ3v) is 4.71. The van der Waals surface area contributed by atoms with Crippen molar-refractivity contribution < 1.29 is 0 Å². The number of rotatable bonds is 15. The zero-order valence-electron chi connectivity index (χ0n) is 13.1. The van der Waals surface area contributed by atoms with Gasteiger partial charge in [0.05, 0.1) is 0 Å². The molecule has 0 saturated carbocycles. The molecule has 0 amide bonds. The fraction of sp³-hybridized carbons (Fsp3) is 0.889. The molecule has 0 N–H and O–H groups in total. The molecule has 0 aromatic rings. The minimum atomic E-state index is 0.760. The number of hydrogen-bond acceptors (Lipinski definition) is 0. The van der Waals surface area contributed by atoms with Crippen LogP contribution >= 0.6 is 15.9 Å². The Morgan fingerprint density at radius 2 is 1.26 bits per heavy atom. The van der Waals surface area contributed by atoms with Crippen LogP contribution in [0.25, 0.3) is 0 Å². The van der Waals surface area contributed by atoms with E-state index >= 15 is 0 Å². The minimum Gasteiger partial charge on any atom is -0.103 e. The smallest absolute Gasteiger partial charge is 0.0145 e. The van der Waals surface area contributed by atoms with Crippen LogP contribution in [0.2, 0.25) is 0 Å². The topological polar surface area (TPSA) is 0 Å². The molecule has 0 rings (SSSR count). The molecule has 0 aromatic heterocycles. The van der Waals surface area contributed by atoms with E-state index in [0.29, 0.717) is 0 Å². The summed E-state index contributed by atoms with van der Waals surface area (Å²) in [5.74, 6) is 0. The highest BCUT2D eigenvalue weighted by molar-refractivity contribution is 9.09. The lowest BCUT2D eigenvalue weighted by molar-refractivity contribution is 0.545. The van der Waals surface area contributed by atoms with Crippen molar-refractivity contribution >= 4 is 15.9 Å². The highest BCUT2D eigenvalue weighted by atomic mass is 79.9. The van der Waals surface area contributed by atoms with Crippen LogP contribution in [0.5, 0.6) is 0 Å². The lowest BCUT2D eigenvalue weighted by Crippen LogP contribution is -1.97. The van der Waals surface area contributed by atoms with Crippen molar-refractivity contribution in [1.29, 1.82) is 0 Å². The predicted octanol–water partition coefficient (Wildman–Crippen LogP) is 7.42. The van der Waals surface area contributed by atoms with Gasteiger partial charge in [0.2, 0.25) is 0 Å². The second-order valence-electron chi connectivity index (χ2n) is 5.79. The molecule has 0 aliphatic heterocycles. The summed E-state index contributed by atoms with van der Waals surface area (Å²) in [6, 6.07) is 0. The zero-order valence-corrected chi connectivity index (χ0v) is 14.7. The molecule has 19 heavy (non-hydrogen) atoms. The Morgan fingerprint density at radius 1 is 0.789 bits per heavy atom. The van der Waals surface area contributed by atoms with E-state index in [4.69, 9.17) is 0 Å². The van der Waals surface area contributed by atoms with Gasteiger partial charge in [0.1, 0.15) is 0 Å². The first-order valence-electron chi connectivity index (χ1n) is 8.56. The first-order chi connectivity index (χ1) is 9.31. The lowest BCUT2D eigenvalue weighted by Gasteiger charge is -2.09. The lowest BCUT2D eigenvalue weighted by atomic mass is 10.0. The summed E-state index contributed by atoms with van der Waals surface area (Å²) in [4.78, 5) is 0.760. The van der Waals surface area contributed by atoms with Gasteiger partial charge < -0.3 is 0 Å². The number of alkyl halides is 1. The fourth-order valence-electron chi connectivity index (χ4n) is 2.48. The van der Waals surface area contributed by atoms with Crippen LogP contribution in [0.4, 0.5) is 0 Å². The Hall–Kier alpha value is 0.220. The monoisotopic (exact) mass is 330 g/mol. The zero-order chi connectivity index (χ0) is 14.2. The number of allylic oxidation sites excluding steroid dienone is 1. The van der Waals surface area contributed by atoms with Crippen LogP contribution in [0, 0.1) is 0 Å². The van der Waals surface area contributed by atoms with Gasteiger partial charge in [-0.15, -0.1) is 6.58 Å². The van der Waals surface area contributed by atoms with E-state index in [2.05, 4.69) is 29.4 Å². The molecule has 0 bridgehead atoms. The van der Waals surface area contributed by atoms with E-state index in [-0.39, 0.29) is 0 Å². The summed E-state index contributed by atoms with van der Waals surface area (Å²) >= 11 is 3.83. The predicted molar refractivity (Wildman–Crippen MR) is 93.2 cm³/mol. The van der Waals surface area contributed by atoms with Gasteiger partial charge in [0.15, 0.2) is 0 Å². The molecule has 0 aliphatic carbocycles. The van der Waals surface area contributed by atoms with E-state index in [1.54, 1.807) is 0 Å². The van der Waals surface area contributed by atoms with Gasteiger partial charge in [-0.3, -0.25) is 0 Å². The molecule has 1 atom stereocenters. The Morgan fingerprint density at radius 3 is 1.79 bits per heavy atom. The van der Waals surface area contributed by atoms with Crippen LogP contribution in [-0.4, -0.2) is 4.83 Å². The van der Waals surface area contributed by atoms with Crippen molar-refractivity contribution in [1.82, 2.24) is 0 Å². The molecule has 1 unspecified atom stereocenters. The number of halogens is 1. The van der Waals surface area contributed by atoms with Crippen molar-refractivity contribution in [2.24, 2.45) is 0 Å². The molecule has 0 radical (unpaired) electrons. The Balaban J connectivity index is 3.11. The average molecular weight is 331 g/mol. The van der Waals surface area contributed by atoms with Crippen LogP contribution in [0.15, 0.2) is 12.7 Å². The minimum absolute atomic E-state index is 0.760. The maximum absolute atomic E-state index is 3.83. The first-order valence-corrected chi connectivity index (χ1v) is 9.47. The van der Waals surface area contributed by atoms with Crippen LogP contribution in [0.1, 0.15) is 96.8 Å². The van der Waals surface area contributed by atoms with Crippen LogP contribution in [-0.2, 0) is 0 Å². The quantitative estimate of drug-likeness (QED) is 0.166. The second kappa shape index (κ2) is 16.3. The van der Waals surface area contributed by atoms with Crippen molar-refractivity contribution in [2.75, 3.05) is 0 Å². The molecule has 0 heterocycles. The average Bonchev–Trinajstić information content (AvgIpc) is 2.41. The highest BCUT2D eigenvalue weighted by Crippen LogP contribution is 2.19. The molecule has 1 heteroatoms. The molecule has 0 nitrogen and oxygen atoms in total. The van der Waals surface area contributed by atoms with Gasteiger partial charge >= 0.3 is 0 Å². The summed E-state index contributed by atoms with van der Waals surface area (Å²) in [5, 5.41) is 0. The summed E-state index contributed by atoms with van der Waals surface area (Å²) in [7, 11) is 0. The van der Waals surface area contributed by atoms with Gasteiger partial charge in [0, 0.05) is 4.83 Å². The SMILES string of the molecule is C=CCCCCCC(Br)CCCCCCCCCC. The second-order valence-corrected chi connectivity index (χ2v) is 7.08. The molecule has 0 aromatic carbocycles. The molecule has 114 valence electrons. The molecule has 0 fully saturated rings. The summed E-state index contributed by atoms with van der Waals surface area (Å²) in [6.07, 6.45) is 21.4.